The van der Waals surface area contributed by atoms with Gasteiger partial charge < -0.3 is 11.1 Å². The summed E-state index contributed by atoms with van der Waals surface area (Å²) in [6.07, 6.45) is 3.03. The van der Waals surface area contributed by atoms with Crippen molar-refractivity contribution in [1.29, 1.82) is 0 Å². The van der Waals surface area contributed by atoms with Gasteiger partial charge in [0.15, 0.2) is 0 Å². The lowest BCUT2D eigenvalue weighted by atomic mass is 9.95. The van der Waals surface area contributed by atoms with E-state index in [2.05, 4.69) is 47.6 Å². The number of nitrogens with two attached hydrogens (primary N) is 1. The molecule has 1 aromatic carbocycles. The highest BCUT2D eigenvalue weighted by Crippen LogP contribution is 2.33. The summed E-state index contributed by atoms with van der Waals surface area (Å²) in [5, 5.41) is 12.7. The van der Waals surface area contributed by atoms with Crippen LogP contribution in [0, 0.1) is 25.7 Å². The average molecular weight is 330 g/mol. The number of amides is 1. The van der Waals surface area contributed by atoms with Crippen LogP contribution in [0.4, 0.5) is 5.13 Å². The molecule has 0 bridgehead atoms. The van der Waals surface area contributed by atoms with E-state index in [1.54, 1.807) is 0 Å². The van der Waals surface area contributed by atoms with E-state index in [0.717, 1.165) is 35.4 Å². The van der Waals surface area contributed by atoms with E-state index in [1.807, 2.05) is 0 Å². The van der Waals surface area contributed by atoms with Gasteiger partial charge >= 0.3 is 0 Å². The van der Waals surface area contributed by atoms with Crippen LogP contribution in [0.5, 0.6) is 0 Å². The summed E-state index contributed by atoms with van der Waals surface area (Å²) in [6.45, 7) is 4.70. The Hall–Kier alpha value is -1.79. The van der Waals surface area contributed by atoms with Gasteiger partial charge in [0, 0.05) is 11.5 Å². The van der Waals surface area contributed by atoms with Gasteiger partial charge in [0.1, 0.15) is 5.01 Å². The van der Waals surface area contributed by atoms with E-state index in [4.69, 9.17) is 5.73 Å². The summed E-state index contributed by atoms with van der Waals surface area (Å²) < 4.78 is 0. The van der Waals surface area contributed by atoms with Crippen molar-refractivity contribution in [3.8, 4) is 10.6 Å². The maximum atomic E-state index is 12.4. The number of nitrogens with zero attached hydrogens (tertiary/aromatic N) is 2. The fourth-order valence-corrected chi connectivity index (χ4v) is 4.14. The molecule has 3 N–H and O–H groups in total. The molecule has 0 saturated heterocycles. The summed E-state index contributed by atoms with van der Waals surface area (Å²) >= 11 is 1.42. The number of hydrogen-bond acceptors (Lipinski definition) is 5. The first kappa shape index (κ1) is 16.1. The lowest BCUT2D eigenvalue weighted by Crippen LogP contribution is -2.29. The average Bonchev–Trinajstić information content (AvgIpc) is 3.15. The van der Waals surface area contributed by atoms with Crippen molar-refractivity contribution in [1.82, 2.24) is 10.2 Å². The van der Waals surface area contributed by atoms with Crippen LogP contribution in [0.2, 0.25) is 0 Å². The van der Waals surface area contributed by atoms with Gasteiger partial charge in [-0.3, -0.25) is 4.79 Å². The molecule has 5 nitrogen and oxygen atoms in total. The lowest BCUT2D eigenvalue weighted by molar-refractivity contribution is -0.120. The summed E-state index contributed by atoms with van der Waals surface area (Å²) in [4.78, 5) is 12.4. The zero-order valence-electron chi connectivity index (χ0n) is 13.5. The lowest BCUT2D eigenvalue weighted by Gasteiger charge is -2.15. The van der Waals surface area contributed by atoms with E-state index in [0.29, 0.717) is 17.6 Å². The summed E-state index contributed by atoms with van der Waals surface area (Å²) in [7, 11) is 0. The number of carbonyl (C=O) groups excluding carboxylic acids is 1. The first-order chi connectivity index (χ1) is 11.1. The van der Waals surface area contributed by atoms with Crippen LogP contribution in [-0.2, 0) is 4.79 Å². The van der Waals surface area contributed by atoms with Crippen LogP contribution < -0.4 is 11.1 Å². The quantitative estimate of drug-likeness (QED) is 0.902. The van der Waals surface area contributed by atoms with Crippen LogP contribution in [0.25, 0.3) is 10.6 Å². The molecule has 0 spiro atoms. The van der Waals surface area contributed by atoms with Gasteiger partial charge in [0.05, 0.1) is 0 Å². The molecule has 122 valence electrons. The molecule has 1 aromatic heterocycles. The number of benzene rings is 1. The second-order valence-corrected chi connectivity index (χ2v) is 7.23. The maximum absolute atomic E-state index is 12.4. The van der Waals surface area contributed by atoms with Gasteiger partial charge in [0.25, 0.3) is 0 Å². The number of aromatic nitrogens is 2. The van der Waals surface area contributed by atoms with Gasteiger partial charge in [-0.2, -0.15) is 0 Å². The second kappa shape index (κ2) is 6.76. The van der Waals surface area contributed by atoms with Gasteiger partial charge in [-0.05, 0) is 44.7 Å². The van der Waals surface area contributed by atoms with E-state index in [-0.39, 0.29) is 11.8 Å². The monoisotopic (exact) mass is 330 g/mol. The molecule has 6 heteroatoms. The SMILES string of the molecule is Cc1ccc(-c2nnc(NC(=O)[C@@H]3CCC[C@@H]3CN)s2)c(C)c1. The fourth-order valence-electron chi connectivity index (χ4n) is 3.30. The van der Waals surface area contributed by atoms with Crippen molar-refractivity contribution >= 4 is 22.4 Å². The highest BCUT2D eigenvalue weighted by atomic mass is 32.1. The van der Waals surface area contributed by atoms with Crippen LogP contribution >= 0.6 is 11.3 Å². The minimum atomic E-state index is 0.00783. The number of nitrogens with one attached hydrogen (secondary N) is 1. The molecule has 1 fully saturated rings. The Morgan fingerprint density at radius 2 is 2.17 bits per heavy atom. The first-order valence-corrected chi connectivity index (χ1v) is 8.82. The summed E-state index contributed by atoms with van der Waals surface area (Å²) in [5.74, 6) is 0.330. The molecular weight excluding hydrogens is 308 g/mol. The molecule has 2 aromatic rings. The van der Waals surface area contributed by atoms with Crippen molar-refractivity contribution in [2.75, 3.05) is 11.9 Å². The molecule has 23 heavy (non-hydrogen) atoms. The number of anilines is 1. The van der Waals surface area contributed by atoms with Gasteiger partial charge in [-0.25, -0.2) is 0 Å². The third-order valence-corrected chi connectivity index (χ3v) is 5.44. The van der Waals surface area contributed by atoms with Crippen molar-refractivity contribution in [2.45, 2.75) is 33.1 Å². The molecule has 1 amide bonds. The van der Waals surface area contributed by atoms with Crippen molar-refractivity contribution < 1.29 is 4.79 Å². The highest BCUT2D eigenvalue weighted by molar-refractivity contribution is 7.18. The highest BCUT2D eigenvalue weighted by Gasteiger charge is 2.32. The van der Waals surface area contributed by atoms with Crippen molar-refractivity contribution in [3.05, 3.63) is 29.3 Å². The van der Waals surface area contributed by atoms with Gasteiger partial charge in [-0.1, -0.05) is 41.5 Å². The zero-order valence-corrected chi connectivity index (χ0v) is 14.3. The van der Waals surface area contributed by atoms with Crippen molar-refractivity contribution in [3.63, 3.8) is 0 Å². The Morgan fingerprint density at radius 3 is 2.91 bits per heavy atom. The molecule has 1 aliphatic carbocycles. The molecular formula is C17H22N4OS. The molecule has 1 saturated carbocycles. The number of hydrogen-bond donors (Lipinski definition) is 2. The number of carbonyl (C=O) groups is 1. The largest absolute Gasteiger partial charge is 0.330 e. The third-order valence-electron chi connectivity index (χ3n) is 4.57. The second-order valence-electron chi connectivity index (χ2n) is 6.25. The summed E-state index contributed by atoms with van der Waals surface area (Å²) in [5.41, 5.74) is 9.21. The predicted octanol–water partition coefficient (Wildman–Crippen LogP) is 3.14. The predicted molar refractivity (Wildman–Crippen MR) is 93.3 cm³/mol. The number of rotatable bonds is 4. The zero-order chi connectivity index (χ0) is 16.4. The van der Waals surface area contributed by atoms with E-state index in [9.17, 15) is 4.79 Å². The normalized spacial score (nSPS) is 20.7. The molecule has 1 aliphatic rings. The molecule has 0 radical (unpaired) electrons. The summed E-state index contributed by atoms with van der Waals surface area (Å²) in [6, 6.07) is 6.24. The minimum Gasteiger partial charge on any atom is -0.330 e. The molecule has 0 aliphatic heterocycles. The number of aryl methyl sites for hydroxylation is 2. The van der Waals surface area contributed by atoms with Crippen LogP contribution in [0.3, 0.4) is 0 Å². The Labute approximate surface area is 140 Å². The first-order valence-electron chi connectivity index (χ1n) is 8.00. The molecule has 3 rings (SSSR count). The van der Waals surface area contributed by atoms with Crippen LogP contribution in [0.1, 0.15) is 30.4 Å². The van der Waals surface area contributed by atoms with Crippen LogP contribution in [0.15, 0.2) is 18.2 Å². The standard InChI is InChI=1S/C17H22N4OS/c1-10-6-7-13(11(2)8-10)16-20-21-17(23-16)19-15(22)14-5-3-4-12(14)9-18/h6-8,12,14H,3-5,9,18H2,1-2H3,(H,19,21,22)/t12-,14-/m1/s1. The molecule has 2 atom stereocenters. The van der Waals surface area contributed by atoms with Crippen LogP contribution in [-0.4, -0.2) is 22.6 Å². The Balaban J connectivity index is 1.73. The van der Waals surface area contributed by atoms with E-state index >= 15 is 0 Å². The molecule has 0 unspecified atom stereocenters. The topological polar surface area (TPSA) is 80.9 Å². The van der Waals surface area contributed by atoms with Gasteiger partial charge in [0.2, 0.25) is 11.0 Å². The Kier molecular flexibility index (Phi) is 4.73. The van der Waals surface area contributed by atoms with E-state index in [1.165, 1.54) is 16.9 Å². The Morgan fingerprint density at radius 1 is 1.35 bits per heavy atom. The molecule has 1 heterocycles. The smallest absolute Gasteiger partial charge is 0.229 e. The van der Waals surface area contributed by atoms with Crippen molar-refractivity contribution in [2.24, 2.45) is 17.6 Å². The maximum Gasteiger partial charge on any atom is 0.229 e. The Bertz CT molecular complexity index is 712. The third kappa shape index (κ3) is 3.43. The fraction of sp³-hybridized carbons (Fsp3) is 0.471. The van der Waals surface area contributed by atoms with E-state index < -0.39 is 0 Å². The minimum absolute atomic E-state index is 0.00783. The van der Waals surface area contributed by atoms with Gasteiger partial charge in [-0.15, -0.1) is 10.2 Å².